The lowest BCUT2D eigenvalue weighted by molar-refractivity contribution is 0.0952. The molecule has 3 aromatic heterocycles. The first-order chi connectivity index (χ1) is 14.0. The zero-order valence-corrected chi connectivity index (χ0v) is 16.5. The quantitative estimate of drug-likeness (QED) is 0.546. The van der Waals surface area contributed by atoms with Gasteiger partial charge in [0.2, 0.25) is 0 Å². The van der Waals surface area contributed by atoms with E-state index < -0.39 is 0 Å². The molecule has 0 atom stereocenters. The first kappa shape index (κ1) is 19.0. The van der Waals surface area contributed by atoms with Gasteiger partial charge in [-0.2, -0.15) is 0 Å². The Hall–Kier alpha value is -3.32. The molecule has 0 radical (unpaired) electrons. The molecule has 3 heterocycles. The number of fused-ring (bicyclic) bond motifs is 1. The summed E-state index contributed by atoms with van der Waals surface area (Å²) in [6, 6.07) is 11.5. The van der Waals surface area contributed by atoms with Gasteiger partial charge in [-0.15, -0.1) is 11.3 Å². The number of halogens is 1. The van der Waals surface area contributed by atoms with Crippen molar-refractivity contribution in [2.45, 2.75) is 20.0 Å². The fourth-order valence-corrected chi connectivity index (χ4v) is 4.27. The molecule has 1 amide bonds. The smallest absolute Gasteiger partial charge is 0.260 e. The van der Waals surface area contributed by atoms with E-state index >= 15 is 0 Å². The second-order valence-electron chi connectivity index (χ2n) is 6.69. The van der Waals surface area contributed by atoms with Gasteiger partial charge >= 0.3 is 0 Å². The second-order valence-corrected chi connectivity index (χ2v) is 7.95. The highest BCUT2D eigenvalue weighted by Gasteiger charge is 2.20. The third kappa shape index (κ3) is 3.95. The predicted molar refractivity (Wildman–Crippen MR) is 112 cm³/mol. The Morgan fingerprint density at radius 1 is 1.17 bits per heavy atom. The molecule has 0 aliphatic rings. The Balaban J connectivity index is 1.66. The van der Waals surface area contributed by atoms with Gasteiger partial charge in [-0.1, -0.05) is 18.2 Å². The number of hydrogen-bond acceptors (Lipinski definition) is 4. The number of carbonyl (C=O) groups is 1. The maximum absolute atomic E-state index is 13.1. The second kappa shape index (κ2) is 7.97. The summed E-state index contributed by atoms with van der Waals surface area (Å²) >= 11 is 1.42. The van der Waals surface area contributed by atoms with Crippen LogP contribution in [-0.4, -0.2) is 15.5 Å². The third-order valence-corrected chi connectivity index (χ3v) is 5.73. The molecular formula is C22H18FN3O2S. The zero-order valence-electron chi connectivity index (χ0n) is 15.7. The van der Waals surface area contributed by atoms with Crippen LogP contribution in [0.3, 0.4) is 0 Å². The number of carbonyl (C=O) groups excluding carboxylic acids is 1. The number of nitrogens with one attached hydrogen (secondary N) is 1. The fourth-order valence-electron chi connectivity index (χ4n) is 3.22. The lowest BCUT2D eigenvalue weighted by Gasteiger charge is -2.08. The number of benzene rings is 1. The average molecular weight is 407 g/mol. The number of aryl methyl sites for hydroxylation is 1. The normalized spacial score (nSPS) is 11.0. The number of hydrogen-bond donors (Lipinski definition) is 1. The Kier molecular flexibility index (Phi) is 5.22. The Bertz CT molecular complexity index is 1230. The van der Waals surface area contributed by atoms with Crippen LogP contribution < -0.4 is 10.9 Å². The molecule has 0 saturated heterocycles. The summed E-state index contributed by atoms with van der Waals surface area (Å²) in [6.07, 6.45) is 5.07. The van der Waals surface area contributed by atoms with E-state index in [1.54, 1.807) is 41.4 Å². The van der Waals surface area contributed by atoms with Crippen LogP contribution in [0.1, 0.15) is 26.4 Å². The molecule has 1 aromatic carbocycles. The minimum Gasteiger partial charge on any atom is -0.348 e. The van der Waals surface area contributed by atoms with E-state index in [1.165, 1.54) is 23.5 Å². The number of rotatable bonds is 5. The summed E-state index contributed by atoms with van der Waals surface area (Å²) < 4.78 is 15.5. The minimum atomic E-state index is -0.322. The molecule has 29 heavy (non-hydrogen) atoms. The van der Waals surface area contributed by atoms with Crippen molar-refractivity contribution in [1.29, 1.82) is 0 Å². The van der Waals surface area contributed by atoms with Crippen LogP contribution >= 0.6 is 11.3 Å². The highest BCUT2D eigenvalue weighted by Crippen LogP contribution is 2.28. The molecule has 7 heteroatoms. The summed E-state index contributed by atoms with van der Waals surface area (Å²) in [4.78, 5) is 30.8. The molecule has 1 N–H and O–H groups in total. The van der Waals surface area contributed by atoms with Gasteiger partial charge in [0.25, 0.3) is 11.5 Å². The van der Waals surface area contributed by atoms with Crippen LogP contribution in [-0.2, 0) is 13.1 Å². The zero-order chi connectivity index (χ0) is 20.4. The van der Waals surface area contributed by atoms with Crippen molar-refractivity contribution in [3.05, 3.63) is 98.8 Å². The Labute approximate surface area is 170 Å². The lowest BCUT2D eigenvalue weighted by atomic mass is 10.1. The monoisotopic (exact) mass is 407 g/mol. The molecule has 0 aliphatic heterocycles. The molecule has 0 bridgehead atoms. The molecule has 146 valence electrons. The van der Waals surface area contributed by atoms with E-state index in [-0.39, 0.29) is 17.3 Å². The molecule has 4 aromatic rings. The van der Waals surface area contributed by atoms with Crippen LogP contribution in [0.25, 0.3) is 10.1 Å². The number of nitrogens with zero attached hydrogens (tertiary/aromatic N) is 2. The lowest BCUT2D eigenvalue weighted by Crippen LogP contribution is -2.26. The number of thiophene rings is 1. The van der Waals surface area contributed by atoms with E-state index in [4.69, 9.17) is 0 Å². The van der Waals surface area contributed by atoms with Gasteiger partial charge < -0.3 is 9.88 Å². The largest absolute Gasteiger partial charge is 0.348 e. The number of amides is 1. The molecule has 0 unspecified atom stereocenters. The summed E-state index contributed by atoms with van der Waals surface area (Å²) in [5.74, 6) is -0.605. The van der Waals surface area contributed by atoms with E-state index in [9.17, 15) is 14.0 Å². The topological polar surface area (TPSA) is 64.0 Å². The van der Waals surface area contributed by atoms with Gasteiger partial charge in [0.05, 0.1) is 17.5 Å². The standard InChI is InChI=1S/C22H18FN3O2S/c1-14-19(21(27)25-12-16-3-2-9-24-11-16)20-18(29-14)8-10-26(22(20)28)13-15-4-6-17(23)7-5-15/h2-11H,12-13H2,1H3,(H,25,27). The van der Waals surface area contributed by atoms with Crippen molar-refractivity contribution in [3.8, 4) is 0 Å². The van der Waals surface area contributed by atoms with Gasteiger partial charge in [0.15, 0.2) is 0 Å². The van der Waals surface area contributed by atoms with Crippen LogP contribution in [0.4, 0.5) is 4.39 Å². The van der Waals surface area contributed by atoms with Crippen LogP contribution in [0.2, 0.25) is 0 Å². The van der Waals surface area contributed by atoms with E-state index in [0.29, 0.717) is 24.0 Å². The summed E-state index contributed by atoms with van der Waals surface area (Å²) in [5, 5.41) is 3.29. The summed E-state index contributed by atoms with van der Waals surface area (Å²) in [5.41, 5.74) is 1.86. The van der Waals surface area contributed by atoms with Crippen molar-refractivity contribution in [2.24, 2.45) is 0 Å². The number of aromatic nitrogens is 2. The van der Waals surface area contributed by atoms with Crippen molar-refractivity contribution < 1.29 is 9.18 Å². The van der Waals surface area contributed by atoms with Crippen molar-refractivity contribution in [3.63, 3.8) is 0 Å². The molecule has 0 fully saturated rings. The molecule has 0 aliphatic carbocycles. The average Bonchev–Trinajstić information content (AvgIpc) is 3.07. The maximum atomic E-state index is 13.1. The SMILES string of the molecule is Cc1sc2ccn(Cc3ccc(F)cc3)c(=O)c2c1C(=O)NCc1cccnc1. The molecule has 0 saturated carbocycles. The predicted octanol–water partition coefficient (Wildman–Crippen LogP) is 3.88. The van der Waals surface area contributed by atoms with Crippen molar-refractivity contribution in [2.75, 3.05) is 0 Å². The maximum Gasteiger partial charge on any atom is 0.260 e. The fraction of sp³-hybridized carbons (Fsp3) is 0.136. The third-order valence-electron chi connectivity index (χ3n) is 4.66. The highest BCUT2D eigenvalue weighted by atomic mass is 32.1. The van der Waals surface area contributed by atoms with Gasteiger partial charge in [-0.25, -0.2) is 4.39 Å². The van der Waals surface area contributed by atoms with Gasteiger partial charge in [-0.05, 0) is 42.3 Å². The highest BCUT2D eigenvalue weighted by molar-refractivity contribution is 7.19. The number of pyridine rings is 2. The Morgan fingerprint density at radius 2 is 1.97 bits per heavy atom. The van der Waals surface area contributed by atoms with Gasteiger partial charge in [-0.3, -0.25) is 14.6 Å². The van der Waals surface area contributed by atoms with Crippen LogP contribution in [0, 0.1) is 12.7 Å². The summed E-state index contributed by atoms with van der Waals surface area (Å²) in [7, 11) is 0. The Morgan fingerprint density at radius 3 is 2.69 bits per heavy atom. The molecule has 4 rings (SSSR count). The van der Waals surface area contributed by atoms with E-state index in [0.717, 1.165) is 20.7 Å². The minimum absolute atomic E-state index is 0.234. The van der Waals surface area contributed by atoms with Crippen LogP contribution in [0.15, 0.2) is 65.8 Å². The molecule has 5 nitrogen and oxygen atoms in total. The van der Waals surface area contributed by atoms with Gasteiger partial charge in [0, 0.05) is 34.7 Å². The van der Waals surface area contributed by atoms with Crippen molar-refractivity contribution >= 4 is 27.3 Å². The van der Waals surface area contributed by atoms with E-state index in [2.05, 4.69) is 10.3 Å². The summed E-state index contributed by atoms with van der Waals surface area (Å²) in [6.45, 7) is 2.48. The molecule has 0 spiro atoms. The van der Waals surface area contributed by atoms with E-state index in [1.807, 2.05) is 19.1 Å². The first-order valence-electron chi connectivity index (χ1n) is 9.07. The van der Waals surface area contributed by atoms with Crippen molar-refractivity contribution in [1.82, 2.24) is 14.9 Å². The first-order valence-corrected chi connectivity index (χ1v) is 9.88. The van der Waals surface area contributed by atoms with Crippen LogP contribution in [0.5, 0.6) is 0 Å². The molecular weight excluding hydrogens is 389 g/mol. The van der Waals surface area contributed by atoms with Gasteiger partial charge in [0.1, 0.15) is 5.82 Å².